The largest absolute Gasteiger partial charge is 0.508 e. The van der Waals surface area contributed by atoms with E-state index in [1.54, 1.807) is 6.92 Å². The van der Waals surface area contributed by atoms with Gasteiger partial charge < -0.3 is 14.9 Å². The van der Waals surface area contributed by atoms with E-state index in [2.05, 4.69) is 19.6 Å². The van der Waals surface area contributed by atoms with E-state index < -0.39 is 42.9 Å². The van der Waals surface area contributed by atoms with Crippen LogP contribution >= 0.6 is 0 Å². The molecule has 1 saturated carbocycles. The molecule has 29 heavy (non-hydrogen) atoms. The van der Waals surface area contributed by atoms with Crippen molar-refractivity contribution in [3.05, 3.63) is 28.2 Å². The Bertz CT molecular complexity index is 965. The molecule has 0 amide bonds. The fourth-order valence-corrected chi connectivity index (χ4v) is 4.50. The van der Waals surface area contributed by atoms with Crippen molar-refractivity contribution < 1.29 is 28.1 Å². The molecule has 6 nitrogen and oxygen atoms in total. The lowest BCUT2D eigenvalue weighted by Crippen LogP contribution is -2.45. The number of nitrogens with zero attached hydrogens (tertiary/aromatic N) is 2. The van der Waals surface area contributed by atoms with Crippen molar-refractivity contribution in [2.45, 2.75) is 70.0 Å². The molecule has 162 valence electrons. The van der Waals surface area contributed by atoms with Crippen LogP contribution in [0.3, 0.4) is 0 Å². The highest BCUT2D eigenvalue weighted by Crippen LogP contribution is 2.44. The summed E-state index contributed by atoms with van der Waals surface area (Å²) < 4.78 is 48.9. The molecule has 10 heteroatoms. The number of imidazole rings is 1. The van der Waals surface area contributed by atoms with E-state index in [0.717, 1.165) is 21.2 Å². The topological polar surface area (TPSA) is 76.6 Å². The van der Waals surface area contributed by atoms with E-state index in [4.69, 9.17) is 4.74 Å². The number of phenolic OH excluding ortho intramolecular Hbond substituents is 1. The number of hydrogen-bond acceptors (Lipinski definition) is 4. The summed E-state index contributed by atoms with van der Waals surface area (Å²) >= 11 is 0. The van der Waals surface area contributed by atoms with Gasteiger partial charge in [0.05, 0.1) is 22.2 Å². The van der Waals surface area contributed by atoms with Crippen LogP contribution in [0.2, 0.25) is 25.7 Å². The Balaban J connectivity index is 2.08. The number of rotatable bonds is 6. The van der Waals surface area contributed by atoms with Gasteiger partial charge in [0.25, 0.3) is 0 Å². The molecule has 1 aromatic heterocycles. The molecule has 3 rings (SSSR count). The number of ether oxygens (including phenoxy) is 1. The molecule has 2 aromatic rings. The van der Waals surface area contributed by atoms with Gasteiger partial charge >= 0.3 is 11.9 Å². The van der Waals surface area contributed by atoms with Crippen molar-refractivity contribution >= 4 is 19.1 Å². The van der Waals surface area contributed by atoms with E-state index in [0.29, 0.717) is 12.7 Å². The van der Waals surface area contributed by atoms with E-state index in [1.165, 1.54) is 0 Å². The molecule has 0 unspecified atom stereocenters. The first-order chi connectivity index (χ1) is 13.2. The van der Waals surface area contributed by atoms with Gasteiger partial charge in [-0.15, -0.1) is 0 Å². The van der Waals surface area contributed by atoms with Crippen LogP contribution in [0.5, 0.6) is 5.75 Å². The summed E-state index contributed by atoms with van der Waals surface area (Å²) in [5.74, 6) is -0.571. The van der Waals surface area contributed by atoms with E-state index in [-0.39, 0.29) is 30.6 Å². The van der Waals surface area contributed by atoms with Gasteiger partial charge in [-0.25, -0.2) is 4.79 Å². The van der Waals surface area contributed by atoms with Crippen LogP contribution in [-0.2, 0) is 17.6 Å². The normalized spacial score (nSPS) is 22.8. The average Bonchev–Trinajstić information content (AvgIpc) is 2.78. The van der Waals surface area contributed by atoms with Crippen molar-refractivity contribution in [1.82, 2.24) is 9.13 Å². The third kappa shape index (κ3) is 4.54. The number of aliphatic hydroxyl groups is 1. The lowest BCUT2D eigenvalue weighted by molar-refractivity contribution is -0.136. The molecular formula is C19H27F3N2O4Si. The smallest absolute Gasteiger partial charge is 0.418 e. The highest BCUT2D eigenvalue weighted by atomic mass is 28.3. The molecule has 1 fully saturated rings. The summed E-state index contributed by atoms with van der Waals surface area (Å²) in [5, 5.41) is 19.9. The molecule has 0 aliphatic heterocycles. The third-order valence-corrected chi connectivity index (χ3v) is 6.99. The predicted molar refractivity (Wildman–Crippen MR) is 106 cm³/mol. The number of hydrogen-bond donors (Lipinski definition) is 2. The summed E-state index contributed by atoms with van der Waals surface area (Å²) in [6.07, 6.45) is -4.39. The number of aromatic nitrogens is 2. The van der Waals surface area contributed by atoms with Crippen LogP contribution in [0, 0.1) is 0 Å². The third-order valence-electron chi connectivity index (χ3n) is 5.28. The number of aromatic hydroxyl groups is 1. The van der Waals surface area contributed by atoms with Gasteiger partial charge in [0.1, 0.15) is 12.5 Å². The van der Waals surface area contributed by atoms with Crippen molar-refractivity contribution in [1.29, 1.82) is 0 Å². The van der Waals surface area contributed by atoms with Crippen LogP contribution in [0.1, 0.15) is 31.4 Å². The number of phenols is 1. The van der Waals surface area contributed by atoms with Crippen LogP contribution in [-0.4, -0.2) is 39.6 Å². The van der Waals surface area contributed by atoms with E-state index in [1.807, 2.05) is 0 Å². The van der Waals surface area contributed by atoms with Gasteiger partial charge in [-0.3, -0.25) is 9.13 Å². The molecule has 1 aromatic carbocycles. The second-order valence-electron chi connectivity index (χ2n) is 9.35. The molecule has 0 radical (unpaired) electrons. The van der Waals surface area contributed by atoms with Crippen molar-refractivity contribution in [3.63, 3.8) is 0 Å². The second-order valence-corrected chi connectivity index (χ2v) is 15.0. The standard InChI is InChI=1S/C19H27F3N2O4Si/c1-18(27)9-12(10-18)24-16-14(19(20,21)22)7-13(25)8-15(16)23(17(24)26)11-28-5-6-29(2,3)4/h7-8,12,25,27H,5-6,9-11H2,1-4H3. The fraction of sp³-hybridized carbons (Fsp3) is 0.632. The summed E-state index contributed by atoms with van der Waals surface area (Å²) in [4.78, 5) is 13.0. The Morgan fingerprint density at radius 3 is 2.41 bits per heavy atom. The first-order valence-electron chi connectivity index (χ1n) is 9.55. The summed E-state index contributed by atoms with van der Waals surface area (Å²) in [5.41, 5.74) is -3.03. The first kappa shape index (κ1) is 21.9. The number of alkyl halides is 3. The van der Waals surface area contributed by atoms with Gasteiger partial charge in [0.2, 0.25) is 0 Å². The molecular weight excluding hydrogens is 405 g/mol. The van der Waals surface area contributed by atoms with Gasteiger partial charge in [-0.05, 0) is 31.9 Å². The monoisotopic (exact) mass is 432 g/mol. The number of halogens is 3. The molecule has 1 aliphatic rings. The Labute approximate surface area is 167 Å². The highest BCUT2D eigenvalue weighted by molar-refractivity contribution is 6.76. The Hall–Kier alpha value is -1.78. The lowest BCUT2D eigenvalue weighted by Gasteiger charge is -2.41. The Morgan fingerprint density at radius 2 is 1.90 bits per heavy atom. The number of benzene rings is 1. The Kier molecular flexibility index (Phi) is 5.42. The van der Waals surface area contributed by atoms with E-state index >= 15 is 0 Å². The molecule has 0 atom stereocenters. The zero-order valence-electron chi connectivity index (χ0n) is 17.0. The quantitative estimate of drug-likeness (QED) is 0.536. The zero-order chi connectivity index (χ0) is 21.8. The van der Waals surface area contributed by atoms with Crippen LogP contribution in [0.4, 0.5) is 13.2 Å². The van der Waals surface area contributed by atoms with Crippen LogP contribution in [0.25, 0.3) is 11.0 Å². The highest BCUT2D eigenvalue weighted by Gasteiger charge is 2.43. The zero-order valence-corrected chi connectivity index (χ0v) is 18.0. The van der Waals surface area contributed by atoms with Gasteiger partial charge in [-0.1, -0.05) is 19.6 Å². The van der Waals surface area contributed by atoms with Gasteiger partial charge in [-0.2, -0.15) is 13.2 Å². The Morgan fingerprint density at radius 1 is 1.28 bits per heavy atom. The van der Waals surface area contributed by atoms with E-state index in [9.17, 15) is 28.2 Å². The molecule has 0 saturated heterocycles. The minimum atomic E-state index is -4.75. The molecule has 0 spiro atoms. The maximum atomic E-state index is 13.7. The fourth-order valence-electron chi connectivity index (χ4n) is 3.74. The molecule has 1 heterocycles. The van der Waals surface area contributed by atoms with Gasteiger partial charge in [0, 0.05) is 26.8 Å². The minimum Gasteiger partial charge on any atom is -0.508 e. The summed E-state index contributed by atoms with van der Waals surface area (Å²) in [7, 11) is -1.36. The average molecular weight is 433 g/mol. The summed E-state index contributed by atoms with van der Waals surface area (Å²) in [6.45, 7) is 8.30. The van der Waals surface area contributed by atoms with Crippen LogP contribution < -0.4 is 5.69 Å². The van der Waals surface area contributed by atoms with Crippen LogP contribution in [0.15, 0.2) is 16.9 Å². The van der Waals surface area contributed by atoms with Crippen molar-refractivity contribution in [3.8, 4) is 5.75 Å². The number of fused-ring (bicyclic) bond motifs is 1. The lowest BCUT2D eigenvalue weighted by atomic mass is 9.77. The predicted octanol–water partition coefficient (Wildman–Crippen LogP) is 3.93. The summed E-state index contributed by atoms with van der Waals surface area (Å²) in [6, 6.07) is 2.09. The molecule has 1 aliphatic carbocycles. The second kappa shape index (κ2) is 7.17. The first-order valence-corrected chi connectivity index (χ1v) is 13.3. The van der Waals surface area contributed by atoms with Crippen molar-refractivity contribution in [2.75, 3.05) is 6.61 Å². The maximum Gasteiger partial charge on any atom is 0.418 e. The van der Waals surface area contributed by atoms with Crippen molar-refractivity contribution in [2.24, 2.45) is 0 Å². The maximum absolute atomic E-state index is 13.7. The van der Waals surface area contributed by atoms with Gasteiger partial charge in [0.15, 0.2) is 0 Å². The molecule has 2 N–H and O–H groups in total. The minimum absolute atomic E-state index is 0.0260. The molecule has 0 bridgehead atoms. The SMILES string of the molecule is CC1(O)CC(n2c(=O)n(COCC[Si](C)(C)C)c3cc(O)cc(C(F)(F)F)c32)C1.